The van der Waals surface area contributed by atoms with Gasteiger partial charge in [-0.15, -0.1) is 0 Å². The molecule has 2 heterocycles. The molecule has 8 unspecified atom stereocenters. The van der Waals surface area contributed by atoms with Crippen LogP contribution in [0.1, 0.15) is 0 Å². The Kier molecular flexibility index (Phi) is 7.12. The van der Waals surface area contributed by atoms with E-state index in [1.165, 1.54) is 0 Å². The maximum Gasteiger partial charge on any atom is 0.532 e. The Hall–Kier alpha value is -0.415. The SMILES string of the molecule is OCC(O)C(O)C(O)C1CO[B-]2(OCC(C(O)C(O)C(O)CO)O2)O1. The molecular formula is C12H24BO12-. The van der Waals surface area contributed by atoms with E-state index in [2.05, 4.69) is 0 Å². The average Bonchev–Trinajstić information content (AvgIpc) is 3.24. The van der Waals surface area contributed by atoms with Crippen molar-refractivity contribution in [2.75, 3.05) is 26.4 Å². The second-order valence-corrected chi connectivity index (χ2v) is 6.06. The molecule has 0 aliphatic carbocycles. The van der Waals surface area contributed by atoms with Crippen molar-refractivity contribution in [3.05, 3.63) is 0 Å². The highest BCUT2D eigenvalue weighted by molar-refractivity contribution is 6.54. The normalized spacial score (nSPS) is 37.0. The molecule has 0 bridgehead atoms. The van der Waals surface area contributed by atoms with Gasteiger partial charge in [0.25, 0.3) is 0 Å². The Balaban J connectivity index is 1.93. The van der Waals surface area contributed by atoms with E-state index in [1.54, 1.807) is 0 Å². The first-order valence-corrected chi connectivity index (χ1v) is 7.81. The molecule has 25 heavy (non-hydrogen) atoms. The summed E-state index contributed by atoms with van der Waals surface area (Å²) in [6.45, 7) is -4.90. The van der Waals surface area contributed by atoms with Crippen LogP contribution in [-0.4, -0.2) is 123 Å². The summed E-state index contributed by atoms with van der Waals surface area (Å²) in [5, 5.41) is 75.5. The predicted octanol–water partition coefficient (Wildman–Crippen LogP) is -5.60. The molecule has 0 amide bonds. The van der Waals surface area contributed by atoms with Gasteiger partial charge in [-0.3, -0.25) is 0 Å². The zero-order valence-corrected chi connectivity index (χ0v) is 13.2. The second-order valence-electron chi connectivity index (χ2n) is 6.06. The van der Waals surface area contributed by atoms with Crippen molar-refractivity contribution in [1.29, 1.82) is 0 Å². The predicted molar refractivity (Wildman–Crippen MR) is 77.6 cm³/mol. The zero-order valence-electron chi connectivity index (χ0n) is 13.2. The molecule has 8 atom stereocenters. The van der Waals surface area contributed by atoms with Gasteiger partial charge in [0.2, 0.25) is 0 Å². The lowest BCUT2D eigenvalue weighted by Gasteiger charge is -2.33. The summed E-state index contributed by atoms with van der Waals surface area (Å²) >= 11 is 0. The molecule has 148 valence electrons. The molecule has 2 saturated heterocycles. The van der Waals surface area contributed by atoms with E-state index in [0.29, 0.717) is 0 Å². The van der Waals surface area contributed by atoms with Crippen LogP contribution in [0.2, 0.25) is 0 Å². The van der Waals surface area contributed by atoms with Crippen molar-refractivity contribution in [3.8, 4) is 0 Å². The van der Waals surface area contributed by atoms with Crippen LogP contribution in [0.15, 0.2) is 0 Å². The minimum atomic E-state index is -2.83. The van der Waals surface area contributed by atoms with Crippen LogP contribution in [0.3, 0.4) is 0 Å². The molecule has 1 spiro atoms. The van der Waals surface area contributed by atoms with Crippen molar-refractivity contribution < 1.29 is 59.5 Å². The lowest BCUT2D eigenvalue weighted by Crippen LogP contribution is -2.50. The first-order valence-electron chi connectivity index (χ1n) is 7.81. The number of hydrogen-bond acceptors (Lipinski definition) is 12. The molecule has 12 nitrogen and oxygen atoms in total. The van der Waals surface area contributed by atoms with E-state index in [9.17, 15) is 30.6 Å². The fourth-order valence-corrected chi connectivity index (χ4v) is 2.64. The second kappa shape index (κ2) is 8.52. The molecule has 0 radical (unpaired) electrons. The number of hydrogen-bond donors (Lipinski definition) is 8. The third-order valence-electron chi connectivity index (χ3n) is 4.24. The van der Waals surface area contributed by atoms with Crippen LogP contribution in [0, 0.1) is 0 Å². The van der Waals surface area contributed by atoms with Crippen molar-refractivity contribution >= 4 is 6.96 Å². The quantitative estimate of drug-likeness (QED) is 0.189. The van der Waals surface area contributed by atoms with Crippen molar-refractivity contribution in [2.24, 2.45) is 0 Å². The number of rotatable bonds is 8. The highest BCUT2D eigenvalue weighted by Gasteiger charge is 2.51. The monoisotopic (exact) mass is 371 g/mol. The van der Waals surface area contributed by atoms with Gasteiger partial charge in [0.1, 0.15) is 36.6 Å². The van der Waals surface area contributed by atoms with Crippen LogP contribution in [0.25, 0.3) is 0 Å². The maximum atomic E-state index is 9.95. The summed E-state index contributed by atoms with van der Waals surface area (Å²) in [7, 11) is 0. The highest BCUT2D eigenvalue weighted by atomic mass is 16.9. The topological polar surface area (TPSA) is 199 Å². The van der Waals surface area contributed by atoms with Crippen molar-refractivity contribution in [2.45, 2.75) is 48.8 Å². The summed E-state index contributed by atoms with van der Waals surface area (Å²) < 4.78 is 21.1. The van der Waals surface area contributed by atoms with E-state index in [4.69, 9.17) is 28.8 Å². The van der Waals surface area contributed by atoms with Gasteiger partial charge in [0.15, 0.2) is 0 Å². The first kappa shape index (κ1) is 20.9. The van der Waals surface area contributed by atoms with Crippen LogP contribution < -0.4 is 0 Å². The van der Waals surface area contributed by atoms with Gasteiger partial charge in [-0.2, -0.15) is 0 Å². The molecule has 0 aromatic heterocycles. The minimum absolute atomic E-state index is 0.263. The molecular weight excluding hydrogens is 347 g/mol. The molecule has 0 aromatic rings. The van der Waals surface area contributed by atoms with Gasteiger partial charge < -0.3 is 59.5 Å². The number of aliphatic hydroxyl groups excluding tert-OH is 8. The van der Waals surface area contributed by atoms with Crippen LogP contribution in [0.4, 0.5) is 0 Å². The van der Waals surface area contributed by atoms with Crippen LogP contribution in [-0.2, 0) is 18.6 Å². The standard InChI is InChI=1S/C12H24BO12/c14-1-5(16)9(18)11(20)7-3-22-13(24-7)23-4-8(25-13)12(21)10(19)6(17)2-15/h5-12,14-21H,1-4H2/q-1. The minimum Gasteiger partial charge on any atom is -0.517 e. The molecule has 2 aliphatic heterocycles. The third-order valence-corrected chi connectivity index (χ3v) is 4.24. The fourth-order valence-electron chi connectivity index (χ4n) is 2.64. The summed E-state index contributed by atoms with van der Waals surface area (Å²) in [6.07, 6.45) is -12.1. The molecule has 8 N–H and O–H groups in total. The van der Waals surface area contributed by atoms with Gasteiger partial charge in [-0.05, 0) is 0 Å². The van der Waals surface area contributed by atoms with Gasteiger partial charge >= 0.3 is 6.96 Å². The Morgan fingerprint density at radius 1 is 0.720 bits per heavy atom. The largest absolute Gasteiger partial charge is 0.532 e. The summed E-state index contributed by atoms with van der Waals surface area (Å²) in [6, 6.07) is 0. The lowest BCUT2D eigenvalue weighted by atomic mass is 10.0. The van der Waals surface area contributed by atoms with Crippen LogP contribution in [0.5, 0.6) is 0 Å². The van der Waals surface area contributed by atoms with Gasteiger partial charge in [0, 0.05) is 13.2 Å². The van der Waals surface area contributed by atoms with Gasteiger partial charge in [-0.1, -0.05) is 0 Å². The number of aliphatic hydroxyl groups is 8. The molecule has 2 rings (SSSR count). The summed E-state index contributed by atoms with van der Waals surface area (Å²) in [5.41, 5.74) is 0. The summed E-state index contributed by atoms with van der Waals surface area (Å²) in [5.74, 6) is 0. The summed E-state index contributed by atoms with van der Waals surface area (Å²) in [4.78, 5) is 0. The Morgan fingerprint density at radius 2 is 1.08 bits per heavy atom. The van der Waals surface area contributed by atoms with Crippen molar-refractivity contribution in [3.63, 3.8) is 0 Å². The van der Waals surface area contributed by atoms with Gasteiger partial charge in [-0.25, -0.2) is 0 Å². The Bertz CT molecular complexity index is 389. The van der Waals surface area contributed by atoms with E-state index in [0.717, 1.165) is 0 Å². The molecule has 0 saturated carbocycles. The molecule has 0 aromatic carbocycles. The third kappa shape index (κ3) is 4.47. The Morgan fingerprint density at radius 3 is 1.40 bits per heavy atom. The van der Waals surface area contributed by atoms with E-state index >= 15 is 0 Å². The fraction of sp³-hybridized carbons (Fsp3) is 1.00. The zero-order chi connectivity index (χ0) is 18.8. The smallest absolute Gasteiger partial charge is 0.517 e. The molecule has 2 aliphatic rings. The lowest BCUT2D eigenvalue weighted by molar-refractivity contribution is -0.115. The van der Waals surface area contributed by atoms with Crippen LogP contribution >= 0.6 is 0 Å². The van der Waals surface area contributed by atoms with Crippen molar-refractivity contribution in [1.82, 2.24) is 0 Å². The maximum absolute atomic E-state index is 9.95. The first-order chi connectivity index (χ1) is 11.7. The van der Waals surface area contributed by atoms with E-state index in [-0.39, 0.29) is 13.2 Å². The highest BCUT2D eigenvalue weighted by Crippen LogP contribution is 2.32. The Labute approximate surface area is 142 Å². The van der Waals surface area contributed by atoms with E-state index < -0.39 is 69.0 Å². The molecule has 2 fully saturated rings. The van der Waals surface area contributed by atoms with E-state index in [1.807, 2.05) is 0 Å². The average molecular weight is 371 g/mol. The van der Waals surface area contributed by atoms with Gasteiger partial charge in [0.05, 0.1) is 25.4 Å². The molecule has 13 heteroatoms.